The Morgan fingerprint density at radius 2 is 1.67 bits per heavy atom. The summed E-state index contributed by atoms with van der Waals surface area (Å²) < 4.78 is 32.9. The van der Waals surface area contributed by atoms with Gasteiger partial charge in [0.2, 0.25) is 21.8 Å². The second kappa shape index (κ2) is 8.72. The predicted molar refractivity (Wildman–Crippen MR) is 121 cm³/mol. The molecule has 1 aliphatic heterocycles. The number of sulfonamides is 1. The largest absolute Gasteiger partial charge is 0.348 e. The van der Waals surface area contributed by atoms with Crippen LogP contribution in [0.3, 0.4) is 0 Å². The lowest BCUT2D eigenvalue weighted by Crippen LogP contribution is -2.52. The molecule has 33 heavy (non-hydrogen) atoms. The maximum Gasteiger partial charge on any atom is 0.243 e. The molecule has 2 aliphatic rings. The lowest BCUT2D eigenvalue weighted by atomic mass is 9.72. The van der Waals surface area contributed by atoms with Crippen molar-refractivity contribution < 1.29 is 17.7 Å². The van der Waals surface area contributed by atoms with Gasteiger partial charge in [0.1, 0.15) is 0 Å². The Bertz CT molecular complexity index is 1220. The van der Waals surface area contributed by atoms with Crippen molar-refractivity contribution in [3.05, 3.63) is 77.9 Å². The predicted octanol–water partition coefficient (Wildman–Crippen LogP) is 2.99. The van der Waals surface area contributed by atoms with Gasteiger partial charge < -0.3 is 9.84 Å². The van der Waals surface area contributed by atoms with Gasteiger partial charge in [-0.1, -0.05) is 53.7 Å². The second-order valence-electron chi connectivity index (χ2n) is 8.67. The van der Waals surface area contributed by atoms with Gasteiger partial charge in [0.15, 0.2) is 5.82 Å². The Labute approximate surface area is 193 Å². The molecule has 1 aromatic heterocycles. The summed E-state index contributed by atoms with van der Waals surface area (Å²) in [5, 5.41) is 6.95. The lowest BCUT2D eigenvalue weighted by Gasteiger charge is -2.40. The monoisotopic (exact) mass is 466 g/mol. The molecule has 3 aromatic rings. The molecule has 2 fully saturated rings. The van der Waals surface area contributed by atoms with Crippen LogP contribution in [0.1, 0.15) is 48.9 Å². The van der Waals surface area contributed by atoms with E-state index in [1.54, 1.807) is 30.3 Å². The molecule has 0 unspecified atom stereocenters. The summed E-state index contributed by atoms with van der Waals surface area (Å²) in [5.41, 5.74) is 0.0542. The molecule has 1 aliphatic carbocycles. The fraction of sp³-hybridized carbons (Fsp3) is 0.375. The number of rotatable bonds is 7. The Morgan fingerprint density at radius 1 is 1.03 bits per heavy atom. The Morgan fingerprint density at radius 3 is 2.30 bits per heavy atom. The number of nitrogens with one attached hydrogen (secondary N) is 1. The first-order valence-corrected chi connectivity index (χ1v) is 12.6. The molecule has 1 amide bonds. The summed E-state index contributed by atoms with van der Waals surface area (Å²) in [6, 6.07) is 18.0. The Kier molecular flexibility index (Phi) is 5.76. The summed E-state index contributed by atoms with van der Waals surface area (Å²) in [5.74, 6) is 1.30. The summed E-state index contributed by atoms with van der Waals surface area (Å²) in [6.07, 6.45) is 2.89. The third-order valence-electron chi connectivity index (χ3n) is 6.54. The summed E-state index contributed by atoms with van der Waals surface area (Å²) in [6.45, 7) is 0.691. The first-order valence-electron chi connectivity index (χ1n) is 11.2. The fourth-order valence-electron chi connectivity index (χ4n) is 4.42. The van der Waals surface area contributed by atoms with E-state index in [0.29, 0.717) is 30.5 Å². The van der Waals surface area contributed by atoms with Crippen LogP contribution in [0.15, 0.2) is 70.1 Å². The summed E-state index contributed by atoms with van der Waals surface area (Å²) >= 11 is 0. The molecule has 0 atom stereocenters. The minimum atomic E-state index is -3.61. The number of carbonyl (C=O) groups is 1. The number of piperidine rings is 1. The van der Waals surface area contributed by atoms with Gasteiger partial charge in [-0.15, -0.1) is 0 Å². The van der Waals surface area contributed by atoms with Crippen LogP contribution in [0.2, 0.25) is 0 Å². The third-order valence-corrected chi connectivity index (χ3v) is 8.45. The molecule has 2 aromatic carbocycles. The van der Waals surface area contributed by atoms with E-state index in [0.717, 1.165) is 18.4 Å². The van der Waals surface area contributed by atoms with Crippen molar-refractivity contribution in [3.8, 4) is 0 Å². The van der Waals surface area contributed by atoms with Gasteiger partial charge in [0.25, 0.3) is 0 Å². The first kappa shape index (κ1) is 21.8. The zero-order valence-corrected chi connectivity index (χ0v) is 19.0. The number of hydrogen-bond acceptors (Lipinski definition) is 6. The van der Waals surface area contributed by atoms with Crippen LogP contribution in [-0.4, -0.2) is 41.9 Å². The van der Waals surface area contributed by atoms with Crippen molar-refractivity contribution in [1.29, 1.82) is 0 Å². The molecule has 1 saturated carbocycles. The maximum absolute atomic E-state index is 13.5. The van der Waals surface area contributed by atoms with Gasteiger partial charge in [0.05, 0.1) is 16.9 Å². The number of amides is 1. The van der Waals surface area contributed by atoms with E-state index in [4.69, 9.17) is 4.52 Å². The summed E-state index contributed by atoms with van der Waals surface area (Å²) in [7, 11) is -3.61. The Balaban J connectivity index is 1.34. The molecule has 2 heterocycles. The highest BCUT2D eigenvalue weighted by molar-refractivity contribution is 7.89. The summed E-state index contributed by atoms with van der Waals surface area (Å²) in [4.78, 5) is 18.2. The number of nitrogens with zero attached hydrogens (tertiary/aromatic N) is 3. The molecule has 1 N–H and O–H groups in total. The van der Waals surface area contributed by atoms with Crippen molar-refractivity contribution in [2.45, 2.75) is 48.5 Å². The van der Waals surface area contributed by atoms with Crippen LogP contribution < -0.4 is 5.32 Å². The van der Waals surface area contributed by atoms with E-state index in [1.165, 1.54) is 4.31 Å². The molecular formula is C24H26N4O4S. The average molecular weight is 467 g/mol. The van der Waals surface area contributed by atoms with Crippen molar-refractivity contribution in [1.82, 2.24) is 19.8 Å². The topological polar surface area (TPSA) is 105 Å². The Hall–Kier alpha value is -3.04. The molecule has 0 bridgehead atoms. The molecule has 0 spiro atoms. The number of benzene rings is 2. The SMILES string of the molecule is O=C(NCc1noc(C2CC2)n1)C1(c2ccccc2)CCN(S(=O)(=O)c2ccccc2)CC1. The van der Waals surface area contributed by atoms with Gasteiger partial charge >= 0.3 is 0 Å². The minimum absolute atomic E-state index is 0.150. The highest BCUT2D eigenvalue weighted by Crippen LogP contribution is 2.39. The van der Waals surface area contributed by atoms with Gasteiger partial charge in [-0.05, 0) is 43.4 Å². The van der Waals surface area contributed by atoms with E-state index in [-0.39, 0.29) is 30.4 Å². The van der Waals surface area contributed by atoms with Crippen molar-refractivity contribution in [2.75, 3.05) is 13.1 Å². The standard InChI is InChI=1S/C24H26N4O4S/c29-23(25-17-21-26-22(32-27-21)18-11-12-18)24(19-7-3-1-4-8-19)13-15-28(16-14-24)33(30,31)20-9-5-2-6-10-20/h1-10,18H,11-17H2,(H,25,29). The molecule has 8 nitrogen and oxygen atoms in total. The smallest absolute Gasteiger partial charge is 0.243 e. The van der Waals surface area contributed by atoms with Crippen LogP contribution in [0, 0.1) is 0 Å². The van der Waals surface area contributed by atoms with Crippen LogP contribution in [0.25, 0.3) is 0 Å². The number of carbonyl (C=O) groups excluding carboxylic acids is 1. The zero-order chi connectivity index (χ0) is 22.9. The highest BCUT2D eigenvalue weighted by atomic mass is 32.2. The van der Waals surface area contributed by atoms with E-state index in [1.807, 2.05) is 30.3 Å². The average Bonchev–Trinajstić information content (AvgIpc) is 3.61. The zero-order valence-electron chi connectivity index (χ0n) is 18.2. The normalized spacial score (nSPS) is 18.7. The molecule has 5 rings (SSSR count). The minimum Gasteiger partial charge on any atom is -0.348 e. The van der Waals surface area contributed by atoms with Gasteiger partial charge in [-0.3, -0.25) is 4.79 Å². The lowest BCUT2D eigenvalue weighted by molar-refractivity contribution is -0.128. The van der Waals surface area contributed by atoms with Crippen LogP contribution in [0.5, 0.6) is 0 Å². The van der Waals surface area contributed by atoms with Crippen molar-refractivity contribution in [3.63, 3.8) is 0 Å². The van der Waals surface area contributed by atoms with E-state index in [9.17, 15) is 13.2 Å². The van der Waals surface area contributed by atoms with E-state index < -0.39 is 15.4 Å². The molecular weight excluding hydrogens is 440 g/mol. The molecule has 1 saturated heterocycles. The molecule has 0 radical (unpaired) electrons. The third kappa shape index (κ3) is 4.30. The van der Waals surface area contributed by atoms with E-state index in [2.05, 4.69) is 15.5 Å². The van der Waals surface area contributed by atoms with Gasteiger partial charge in [-0.2, -0.15) is 9.29 Å². The maximum atomic E-state index is 13.5. The van der Waals surface area contributed by atoms with Crippen LogP contribution in [-0.2, 0) is 26.8 Å². The first-order chi connectivity index (χ1) is 16.0. The van der Waals surface area contributed by atoms with Crippen LogP contribution >= 0.6 is 0 Å². The fourth-order valence-corrected chi connectivity index (χ4v) is 5.88. The van der Waals surface area contributed by atoms with Crippen molar-refractivity contribution >= 4 is 15.9 Å². The molecule has 172 valence electrons. The number of aromatic nitrogens is 2. The van der Waals surface area contributed by atoms with E-state index >= 15 is 0 Å². The van der Waals surface area contributed by atoms with Crippen molar-refractivity contribution in [2.24, 2.45) is 0 Å². The van der Waals surface area contributed by atoms with Gasteiger partial charge in [-0.25, -0.2) is 8.42 Å². The number of hydrogen-bond donors (Lipinski definition) is 1. The second-order valence-corrected chi connectivity index (χ2v) is 10.6. The van der Waals surface area contributed by atoms with Crippen LogP contribution in [0.4, 0.5) is 0 Å². The quantitative estimate of drug-likeness (QED) is 0.574. The molecule has 9 heteroatoms. The highest BCUT2D eigenvalue weighted by Gasteiger charge is 2.45. The van der Waals surface area contributed by atoms with Gasteiger partial charge in [0, 0.05) is 19.0 Å².